The molecule has 15 heavy (non-hydrogen) atoms. The maximum absolute atomic E-state index is 4.28. The van der Waals surface area contributed by atoms with Gasteiger partial charge in [0.25, 0.3) is 0 Å². The molecule has 0 atom stereocenters. The summed E-state index contributed by atoms with van der Waals surface area (Å²) in [6.07, 6.45) is 7.34. The van der Waals surface area contributed by atoms with Crippen LogP contribution in [0.4, 0.5) is 0 Å². The van der Waals surface area contributed by atoms with Gasteiger partial charge in [0, 0.05) is 18.8 Å². The average Bonchev–Trinajstić information content (AvgIpc) is 2.99. The number of nitrogens with zero attached hydrogens (tertiary/aromatic N) is 1. The van der Waals surface area contributed by atoms with Gasteiger partial charge in [-0.25, -0.2) is 4.98 Å². The molecule has 0 unspecified atom stereocenters. The third kappa shape index (κ3) is 1.80. The summed E-state index contributed by atoms with van der Waals surface area (Å²) < 4.78 is 0. The largest absolute Gasteiger partial charge is 0.348 e. The molecular weight excluding hydrogens is 184 g/mol. The van der Waals surface area contributed by atoms with Crippen molar-refractivity contribution in [3.8, 4) is 0 Å². The van der Waals surface area contributed by atoms with Gasteiger partial charge in [0.05, 0.1) is 0 Å². The van der Waals surface area contributed by atoms with Crippen molar-refractivity contribution in [1.29, 1.82) is 0 Å². The highest BCUT2D eigenvalue weighted by atomic mass is 14.9. The van der Waals surface area contributed by atoms with Crippen LogP contribution in [0.5, 0.6) is 0 Å². The monoisotopic (exact) mass is 198 g/mol. The molecule has 1 fully saturated rings. The Hall–Kier alpha value is -1.57. The van der Waals surface area contributed by atoms with Gasteiger partial charge in [-0.05, 0) is 29.9 Å². The van der Waals surface area contributed by atoms with Gasteiger partial charge >= 0.3 is 0 Å². The molecule has 1 aromatic heterocycles. The molecule has 1 aliphatic carbocycles. The Morgan fingerprint density at radius 1 is 1.27 bits per heavy atom. The van der Waals surface area contributed by atoms with Crippen molar-refractivity contribution in [1.82, 2.24) is 9.97 Å². The SMILES string of the molecule is c1ccc(C2CC2)c(Cc2ncc[nH]2)c1. The molecule has 3 rings (SSSR count). The third-order valence-electron chi connectivity index (χ3n) is 2.99. The minimum Gasteiger partial charge on any atom is -0.348 e. The molecule has 1 aliphatic rings. The summed E-state index contributed by atoms with van der Waals surface area (Å²) in [5, 5.41) is 0. The van der Waals surface area contributed by atoms with Crippen molar-refractivity contribution in [3.05, 3.63) is 53.6 Å². The van der Waals surface area contributed by atoms with Crippen molar-refractivity contribution in [2.45, 2.75) is 25.2 Å². The molecule has 1 heterocycles. The molecule has 76 valence electrons. The van der Waals surface area contributed by atoms with Crippen LogP contribution >= 0.6 is 0 Å². The Morgan fingerprint density at radius 3 is 2.87 bits per heavy atom. The first-order valence-electron chi connectivity index (χ1n) is 5.49. The van der Waals surface area contributed by atoms with E-state index < -0.39 is 0 Å². The molecule has 1 N–H and O–H groups in total. The summed E-state index contributed by atoms with van der Waals surface area (Å²) >= 11 is 0. The second kappa shape index (κ2) is 3.54. The molecule has 1 aromatic carbocycles. The second-order valence-corrected chi connectivity index (χ2v) is 4.19. The zero-order valence-corrected chi connectivity index (χ0v) is 8.61. The molecule has 2 heteroatoms. The van der Waals surface area contributed by atoms with E-state index in [1.165, 1.54) is 24.0 Å². The van der Waals surface area contributed by atoms with Crippen LogP contribution in [0.2, 0.25) is 0 Å². The van der Waals surface area contributed by atoms with Gasteiger partial charge in [0.2, 0.25) is 0 Å². The predicted octanol–water partition coefficient (Wildman–Crippen LogP) is 2.88. The number of H-pyrrole nitrogens is 1. The highest BCUT2D eigenvalue weighted by Crippen LogP contribution is 2.41. The topological polar surface area (TPSA) is 28.7 Å². The van der Waals surface area contributed by atoms with E-state index in [1.807, 2.05) is 12.4 Å². The second-order valence-electron chi connectivity index (χ2n) is 4.19. The van der Waals surface area contributed by atoms with Gasteiger partial charge in [-0.3, -0.25) is 0 Å². The lowest BCUT2D eigenvalue weighted by molar-refractivity contribution is 0.983. The maximum Gasteiger partial charge on any atom is 0.110 e. The lowest BCUT2D eigenvalue weighted by Crippen LogP contribution is -1.95. The number of hydrogen-bond donors (Lipinski definition) is 1. The summed E-state index contributed by atoms with van der Waals surface area (Å²) in [7, 11) is 0. The first-order chi connectivity index (χ1) is 7.43. The Bertz CT molecular complexity index is 441. The number of rotatable bonds is 3. The minimum atomic E-state index is 0.816. The molecule has 0 bridgehead atoms. The maximum atomic E-state index is 4.28. The smallest absolute Gasteiger partial charge is 0.110 e. The fraction of sp³-hybridized carbons (Fsp3) is 0.308. The van der Waals surface area contributed by atoms with E-state index in [0.717, 1.165) is 18.2 Å². The molecule has 0 radical (unpaired) electrons. The molecule has 0 aliphatic heterocycles. The van der Waals surface area contributed by atoms with Gasteiger partial charge in [-0.1, -0.05) is 24.3 Å². The highest BCUT2D eigenvalue weighted by Gasteiger charge is 2.25. The number of benzene rings is 1. The summed E-state index contributed by atoms with van der Waals surface area (Å²) in [5.74, 6) is 1.87. The van der Waals surface area contributed by atoms with Crippen LogP contribution in [0.1, 0.15) is 35.7 Å². The summed E-state index contributed by atoms with van der Waals surface area (Å²) in [6, 6.07) is 8.73. The lowest BCUT2D eigenvalue weighted by atomic mass is 10.0. The third-order valence-corrected chi connectivity index (χ3v) is 2.99. The summed E-state index contributed by atoms with van der Waals surface area (Å²) in [5.41, 5.74) is 2.95. The fourth-order valence-corrected chi connectivity index (χ4v) is 2.06. The highest BCUT2D eigenvalue weighted by molar-refractivity contribution is 5.34. The van der Waals surface area contributed by atoms with Crippen molar-refractivity contribution >= 4 is 0 Å². The van der Waals surface area contributed by atoms with Crippen LogP contribution in [0.25, 0.3) is 0 Å². The number of aromatic amines is 1. The van der Waals surface area contributed by atoms with Crippen LogP contribution < -0.4 is 0 Å². The molecule has 1 saturated carbocycles. The quantitative estimate of drug-likeness (QED) is 0.807. The zero-order valence-electron chi connectivity index (χ0n) is 8.61. The van der Waals surface area contributed by atoms with E-state index >= 15 is 0 Å². The fourth-order valence-electron chi connectivity index (χ4n) is 2.06. The van der Waals surface area contributed by atoms with E-state index in [9.17, 15) is 0 Å². The van der Waals surface area contributed by atoms with Crippen molar-refractivity contribution in [3.63, 3.8) is 0 Å². The molecule has 0 amide bonds. The van der Waals surface area contributed by atoms with E-state index in [0.29, 0.717) is 0 Å². The minimum absolute atomic E-state index is 0.816. The summed E-state index contributed by atoms with van der Waals surface area (Å²) in [6.45, 7) is 0. The number of aromatic nitrogens is 2. The number of hydrogen-bond acceptors (Lipinski definition) is 1. The van der Waals surface area contributed by atoms with Crippen LogP contribution in [0.3, 0.4) is 0 Å². The Kier molecular flexibility index (Phi) is 2.05. The average molecular weight is 198 g/mol. The van der Waals surface area contributed by atoms with Gasteiger partial charge in [-0.15, -0.1) is 0 Å². The molecule has 0 saturated heterocycles. The van der Waals surface area contributed by atoms with Gasteiger partial charge < -0.3 is 4.98 Å². The van der Waals surface area contributed by atoms with Crippen molar-refractivity contribution in [2.24, 2.45) is 0 Å². The van der Waals surface area contributed by atoms with Crippen LogP contribution in [0, 0.1) is 0 Å². The molecule has 2 aromatic rings. The van der Waals surface area contributed by atoms with Gasteiger partial charge in [0.1, 0.15) is 5.82 Å². The number of imidazole rings is 1. The first-order valence-corrected chi connectivity index (χ1v) is 5.49. The van der Waals surface area contributed by atoms with Crippen LogP contribution in [0.15, 0.2) is 36.7 Å². The molecule has 0 spiro atoms. The Morgan fingerprint density at radius 2 is 2.13 bits per heavy atom. The Labute approximate surface area is 89.4 Å². The molecule has 2 nitrogen and oxygen atoms in total. The van der Waals surface area contributed by atoms with Gasteiger partial charge in [-0.2, -0.15) is 0 Å². The van der Waals surface area contributed by atoms with Crippen molar-refractivity contribution < 1.29 is 0 Å². The van der Waals surface area contributed by atoms with E-state index in [-0.39, 0.29) is 0 Å². The standard InChI is InChI=1S/C13H14N2/c1-2-4-12(10-5-6-10)11(3-1)9-13-14-7-8-15-13/h1-4,7-8,10H,5-6,9H2,(H,14,15). The van der Waals surface area contributed by atoms with Crippen LogP contribution in [-0.2, 0) is 6.42 Å². The Balaban J connectivity index is 1.90. The predicted molar refractivity (Wildman–Crippen MR) is 59.8 cm³/mol. The van der Waals surface area contributed by atoms with Gasteiger partial charge in [0.15, 0.2) is 0 Å². The normalized spacial score (nSPS) is 15.5. The lowest BCUT2D eigenvalue weighted by Gasteiger charge is -2.06. The van der Waals surface area contributed by atoms with E-state index in [4.69, 9.17) is 0 Å². The molecular formula is C13H14N2. The van der Waals surface area contributed by atoms with Crippen LogP contribution in [-0.4, -0.2) is 9.97 Å². The van der Waals surface area contributed by atoms with E-state index in [2.05, 4.69) is 34.2 Å². The van der Waals surface area contributed by atoms with E-state index in [1.54, 1.807) is 0 Å². The first kappa shape index (κ1) is 8.72. The number of nitrogens with one attached hydrogen (secondary N) is 1. The van der Waals surface area contributed by atoms with Crippen molar-refractivity contribution in [2.75, 3.05) is 0 Å². The summed E-state index contributed by atoms with van der Waals surface area (Å²) in [4.78, 5) is 7.44. The zero-order chi connectivity index (χ0) is 10.1.